The molecule has 2 atom stereocenters. The van der Waals surface area contributed by atoms with Crippen LogP contribution in [0.4, 0.5) is 5.69 Å². The molecule has 7 heteroatoms. The van der Waals surface area contributed by atoms with E-state index in [0.29, 0.717) is 30.4 Å². The van der Waals surface area contributed by atoms with Crippen molar-refractivity contribution in [3.05, 3.63) is 48.4 Å². The van der Waals surface area contributed by atoms with Gasteiger partial charge >= 0.3 is 0 Å². The number of ether oxygens (including phenoxy) is 2. The quantitative estimate of drug-likeness (QED) is 0.709. The maximum atomic E-state index is 12.9. The van der Waals surface area contributed by atoms with Gasteiger partial charge in [-0.1, -0.05) is 12.1 Å². The molecule has 1 fully saturated rings. The van der Waals surface area contributed by atoms with E-state index in [9.17, 15) is 4.79 Å². The first-order valence-electron chi connectivity index (χ1n) is 10.5. The van der Waals surface area contributed by atoms with Crippen molar-refractivity contribution in [3.63, 3.8) is 0 Å². The summed E-state index contributed by atoms with van der Waals surface area (Å²) in [5, 5.41) is 3.01. The molecule has 2 aliphatic rings. The fourth-order valence-electron chi connectivity index (χ4n) is 4.16. The predicted molar refractivity (Wildman–Crippen MR) is 113 cm³/mol. The van der Waals surface area contributed by atoms with Crippen molar-refractivity contribution in [2.45, 2.75) is 31.7 Å². The van der Waals surface area contributed by atoms with Gasteiger partial charge in [-0.25, -0.2) is 4.98 Å². The van der Waals surface area contributed by atoms with Crippen molar-refractivity contribution in [2.24, 2.45) is 0 Å². The number of amides is 1. The number of anilines is 1. The molecule has 7 nitrogen and oxygen atoms in total. The second kappa shape index (κ2) is 7.99. The van der Waals surface area contributed by atoms with E-state index in [-0.39, 0.29) is 17.9 Å². The van der Waals surface area contributed by atoms with Gasteiger partial charge in [-0.2, -0.15) is 0 Å². The van der Waals surface area contributed by atoms with Crippen LogP contribution in [-0.2, 0) is 4.79 Å². The number of likely N-dealkylation sites (tertiary alicyclic amines) is 1. The minimum absolute atomic E-state index is 0.0371. The second-order valence-corrected chi connectivity index (χ2v) is 7.88. The fraction of sp³-hybridized carbons (Fsp3) is 0.391. The Morgan fingerprint density at radius 2 is 2.00 bits per heavy atom. The molecule has 156 valence electrons. The second-order valence-electron chi connectivity index (χ2n) is 7.88. The SMILES string of the molecule is CC(C(=O)Nc1ccc2c(c1)OCCO2)N1CCCC(c2nc3ccccc3o2)C1. The number of carbonyl (C=O) groups excluding carboxylic acids is 1. The highest BCUT2D eigenvalue weighted by Gasteiger charge is 2.30. The normalized spacial score (nSPS) is 20.1. The van der Waals surface area contributed by atoms with Crippen molar-refractivity contribution in [1.29, 1.82) is 0 Å². The van der Waals surface area contributed by atoms with E-state index >= 15 is 0 Å². The van der Waals surface area contributed by atoms with E-state index in [1.807, 2.05) is 49.4 Å². The Morgan fingerprint density at radius 3 is 2.87 bits per heavy atom. The van der Waals surface area contributed by atoms with Crippen LogP contribution in [0.15, 0.2) is 46.9 Å². The van der Waals surface area contributed by atoms with Gasteiger partial charge in [-0.15, -0.1) is 0 Å². The van der Waals surface area contributed by atoms with Crippen molar-refractivity contribution < 1.29 is 18.7 Å². The zero-order valence-electron chi connectivity index (χ0n) is 17.0. The smallest absolute Gasteiger partial charge is 0.241 e. The highest BCUT2D eigenvalue weighted by atomic mass is 16.6. The number of para-hydroxylation sites is 2. The number of hydrogen-bond acceptors (Lipinski definition) is 6. The van der Waals surface area contributed by atoms with Gasteiger partial charge in [0, 0.05) is 24.2 Å². The molecule has 2 aromatic carbocycles. The molecule has 3 heterocycles. The summed E-state index contributed by atoms with van der Waals surface area (Å²) in [6, 6.07) is 13.1. The number of rotatable bonds is 4. The number of fused-ring (bicyclic) bond motifs is 2. The number of oxazole rings is 1. The van der Waals surface area contributed by atoms with E-state index in [0.717, 1.165) is 42.9 Å². The Hall–Kier alpha value is -3.06. The van der Waals surface area contributed by atoms with Crippen LogP contribution in [0.2, 0.25) is 0 Å². The van der Waals surface area contributed by atoms with Gasteiger partial charge in [0.1, 0.15) is 18.7 Å². The van der Waals surface area contributed by atoms with Gasteiger partial charge in [-0.3, -0.25) is 9.69 Å². The highest BCUT2D eigenvalue weighted by molar-refractivity contribution is 5.94. The summed E-state index contributed by atoms with van der Waals surface area (Å²) in [4.78, 5) is 19.8. The average Bonchev–Trinajstić information content (AvgIpc) is 3.23. The van der Waals surface area contributed by atoms with Crippen LogP contribution in [0.25, 0.3) is 11.1 Å². The van der Waals surface area contributed by atoms with Gasteiger partial charge in [0.15, 0.2) is 23.0 Å². The Balaban J connectivity index is 1.26. The molecule has 2 unspecified atom stereocenters. The van der Waals surface area contributed by atoms with Crippen LogP contribution in [0, 0.1) is 0 Å². The highest BCUT2D eigenvalue weighted by Crippen LogP contribution is 2.33. The largest absolute Gasteiger partial charge is 0.486 e. The monoisotopic (exact) mass is 407 g/mol. The first-order chi connectivity index (χ1) is 14.7. The van der Waals surface area contributed by atoms with Gasteiger partial charge in [0.25, 0.3) is 0 Å². The molecule has 1 aromatic heterocycles. The third kappa shape index (κ3) is 3.73. The third-order valence-electron chi connectivity index (χ3n) is 5.85. The number of nitrogens with zero attached hydrogens (tertiary/aromatic N) is 2. The summed E-state index contributed by atoms with van der Waals surface area (Å²) >= 11 is 0. The molecule has 3 aromatic rings. The number of carbonyl (C=O) groups is 1. The molecule has 0 bridgehead atoms. The minimum Gasteiger partial charge on any atom is -0.486 e. The molecule has 0 radical (unpaired) electrons. The van der Waals surface area contributed by atoms with Gasteiger partial charge < -0.3 is 19.2 Å². The lowest BCUT2D eigenvalue weighted by atomic mass is 9.96. The van der Waals surface area contributed by atoms with E-state index in [4.69, 9.17) is 13.9 Å². The summed E-state index contributed by atoms with van der Waals surface area (Å²) in [6.07, 6.45) is 2.02. The van der Waals surface area contributed by atoms with E-state index < -0.39 is 0 Å². The predicted octanol–water partition coefficient (Wildman–Crippen LogP) is 3.81. The maximum Gasteiger partial charge on any atom is 0.241 e. The zero-order chi connectivity index (χ0) is 20.5. The van der Waals surface area contributed by atoms with Crippen LogP contribution < -0.4 is 14.8 Å². The third-order valence-corrected chi connectivity index (χ3v) is 5.85. The summed E-state index contributed by atoms with van der Waals surface area (Å²) in [6.45, 7) is 4.65. The molecule has 5 rings (SSSR count). The van der Waals surface area contributed by atoms with Crippen LogP contribution in [-0.4, -0.2) is 48.1 Å². The van der Waals surface area contributed by atoms with Crippen LogP contribution in [0.3, 0.4) is 0 Å². The van der Waals surface area contributed by atoms with Crippen molar-refractivity contribution in [3.8, 4) is 11.5 Å². The number of benzene rings is 2. The molecular formula is C23H25N3O4. The van der Waals surface area contributed by atoms with E-state index in [1.165, 1.54) is 0 Å². The summed E-state index contributed by atoms with van der Waals surface area (Å²) in [5.41, 5.74) is 2.41. The summed E-state index contributed by atoms with van der Waals surface area (Å²) in [7, 11) is 0. The van der Waals surface area contributed by atoms with Crippen molar-refractivity contribution >= 4 is 22.7 Å². The van der Waals surface area contributed by atoms with E-state index in [2.05, 4.69) is 15.2 Å². The molecule has 1 saturated heterocycles. The maximum absolute atomic E-state index is 12.9. The molecular weight excluding hydrogens is 382 g/mol. The molecule has 2 aliphatic heterocycles. The van der Waals surface area contributed by atoms with Gasteiger partial charge in [0.2, 0.25) is 5.91 Å². The van der Waals surface area contributed by atoms with Gasteiger partial charge in [0.05, 0.1) is 6.04 Å². The Kier molecular flexibility index (Phi) is 5.04. The van der Waals surface area contributed by atoms with Crippen molar-refractivity contribution in [1.82, 2.24) is 9.88 Å². The molecule has 0 saturated carbocycles. The first-order valence-corrected chi connectivity index (χ1v) is 10.5. The lowest BCUT2D eigenvalue weighted by Gasteiger charge is -2.34. The fourth-order valence-corrected chi connectivity index (χ4v) is 4.16. The van der Waals surface area contributed by atoms with Crippen LogP contribution >= 0.6 is 0 Å². The zero-order valence-corrected chi connectivity index (χ0v) is 17.0. The summed E-state index contributed by atoms with van der Waals surface area (Å²) < 4.78 is 17.1. The van der Waals surface area contributed by atoms with E-state index in [1.54, 1.807) is 0 Å². The lowest BCUT2D eigenvalue weighted by molar-refractivity contribution is -0.121. The first kappa shape index (κ1) is 18.9. The van der Waals surface area contributed by atoms with Crippen molar-refractivity contribution in [2.75, 3.05) is 31.6 Å². The average molecular weight is 407 g/mol. The molecule has 1 N–H and O–H groups in total. The number of hydrogen-bond donors (Lipinski definition) is 1. The Bertz CT molecular complexity index is 1030. The lowest BCUT2D eigenvalue weighted by Crippen LogP contribution is -2.46. The molecule has 0 aliphatic carbocycles. The standard InChI is InChI=1S/C23H25N3O4/c1-15(22(27)24-17-8-9-20-21(13-17)29-12-11-28-20)26-10-4-5-16(14-26)23-25-18-6-2-3-7-19(18)30-23/h2-3,6-9,13,15-16H,4-5,10-12,14H2,1H3,(H,24,27). The Morgan fingerprint density at radius 1 is 1.17 bits per heavy atom. The molecule has 30 heavy (non-hydrogen) atoms. The van der Waals surface area contributed by atoms with Crippen LogP contribution in [0.5, 0.6) is 11.5 Å². The topological polar surface area (TPSA) is 76.8 Å². The summed E-state index contributed by atoms with van der Waals surface area (Å²) in [5.74, 6) is 2.30. The Labute approximate surface area is 175 Å². The number of piperidine rings is 1. The number of aromatic nitrogens is 1. The number of nitrogens with one attached hydrogen (secondary N) is 1. The molecule has 0 spiro atoms. The minimum atomic E-state index is -0.259. The molecule has 1 amide bonds. The van der Waals surface area contributed by atoms with Gasteiger partial charge in [-0.05, 0) is 50.6 Å². The van der Waals surface area contributed by atoms with Crippen LogP contribution in [0.1, 0.15) is 31.6 Å².